The molecule has 6 nitrogen and oxygen atoms in total. The van der Waals surface area contributed by atoms with Gasteiger partial charge in [-0.1, -0.05) is 0 Å². The molecule has 1 rings (SSSR count). The van der Waals surface area contributed by atoms with E-state index in [1.54, 1.807) is 6.92 Å². The van der Waals surface area contributed by atoms with Crippen LogP contribution in [0.4, 0.5) is 5.69 Å². The number of carboxylic acid groups (broad SMARTS) is 1. The fourth-order valence-corrected chi connectivity index (χ4v) is 1.22. The molecule has 0 radical (unpaired) electrons. The summed E-state index contributed by atoms with van der Waals surface area (Å²) in [6, 6.07) is 3.18. The molecule has 1 aromatic carbocycles. The summed E-state index contributed by atoms with van der Waals surface area (Å²) >= 11 is 0. The summed E-state index contributed by atoms with van der Waals surface area (Å²) < 4.78 is 0. The molecule has 0 heterocycles. The van der Waals surface area contributed by atoms with Gasteiger partial charge in [-0.15, -0.1) is 12.4 Å². The van der Waals surface area contributed by atoms with Gasteiger partial charge in [-0.05, 0) is 19.1 Å². The van der Waals surface area contributed by atoms with Gasteiger partial charge in [0.25, 0.3) is 5.69 Å². The molecule has 3 N–H and O–H groups in total. The van der Waals surface area contributed by atoms with Crippen molar-refractivity contribution in [3.63, 3.8) is 0 Å². The topological polar surface area (TPSA) is 106 Å². The van der Waals surface area contributed by atoms with Gasteiger partial charge < -0.3 is 10.8 Å². The number of hydrogen-bond acceptors (Lipinski definition) is 4. The van der Waals surface area contributed by atoms with Crippen LogP contribution in [0, 0.1) is 10.1 Å². The molecule has 0 aliphatic carbocycles. The van der Waals surface area contributed by atoms with E-state index in [1.807, 2.05) is 0 Å². The van der Waals surface area contributed by atoms with Crippen molar-refractivity contribution in [1.82, 2.24) is 0 Å². The third-order valence-corrected chi connectivity index (χ3v) is 1.96. The van der Waals surface area contributed by atoms with Gasteiger partial charge in [0.1, 0.15) is 0 Å². The molecule has 1 unspecified atom stereocenters. The van der Waals surface area contributed by atoms with E-state index >= 15 is 0 Å². The highest BCUT2D eigenvalue weighted by atomic mass is 35.5. The summed E-state index contributed by atoms with van der Waals surface area (Å²) in [5, 5.41) is 19.3. The Morgan fingerprint density at radius 3 is 2.50 bits per heavy atom. The van der Waals surface area contributed by atoms with Gasteiger partial charge in [-0.25, -0.2) is 4.79 Å². The zero-order valence-corrected chi connectivity index (χ0v) is 9.23. The third-order valence-electron chi connectivity index (χ3n) is 1.96. The zero-order valence-electron chi connectivity index (χ0n) is 8.41. The molecule has 0 amide bonds. The Morgan fingerprint density at radius 1 is 1.56 bits per heavy atom. The zero-order chi connectivity index (χ0) is 11.6. The molecule has 0 saturated carbocycles. The maximum atomic E-state index is 10.7. The average molecular weight is 247 g/mol. The monoisotopic (exact) mass is 246 g/mol. The molecule has 0 saturated heterocycles. The second-order valence-corrected chi connectivity index (χ2v) is 3.12. The Balaban J connectivity index is 0.00000225. The number of carbonyl (C=O) groups is 1. The lowest BCUT2D eigenvalue weighted by Crippen LogP contribution is -2.09. The van der Waals surface area contributed by atoms with Crippen molar-refractivity contribution in [1.29, 1.82) is 0 Å². The first-order chi connectivity index (χ1) is 6.93. The Labute approximate surface area is 97.6 Å². The third kappa shape index (κ3) is 2.91. The van der Waals surface area contributed by atoms with Gasteiger partial charge in [0.15, 0.2) is 0 Å². The lowest BCUT2D eigenvalue weighted by molar-refractivity contribution is -0.385. The van der Waals surface area contributed by atoms with E-state index in [2.05, 4.69) is 0 Å². The number of nitro benzene ring substituents is 1. The Bertz CT molecular complexity index is 420. The van der Waals surface area contributed by atoms with Crippen LogP contribution in [0.1, 0.15) is 28.9 Å². The van der Waals surface area contributed by atoms with Crippen LogP contribution in [0.3, 0.4) is 0 Å². The highest BCUT2D eigenvalue weighted by molar-refractivity contribution is 5.88. The Hall–Kier alpha value is -1.66. The number of carboxylic acids is 1. The van der Waals surface area contributed by atoms with Crippen molar-refractivity contribution in [2.45, 2.75) is 13.0 Å². The first kappa shape index (κ1) is 14.3. The summed E-state index contributed by atoms with van der Waals surface area (Å²) in [6.07, 6.45) is 0. The number of halogens is 1. The molecule has 0 aliphatic rings. The summed E-state index contributed by atoms with van der Waals surface area (Å²) in [5.74, 6) is -1.20. The van der Waals surface area contributed by atoms with E-state index < -0.39 is 16.9 Å². The Morgan fingerprint density at radius 2 is 2.12 bits per heavy atom. The smallest absolute Gasteiger partial charge is 0.335 e. The summed E-state index contributed by atoms with van der Waals surface area (Å²) in [5.41, 5.74) is 5.47. The number of nitrogens with zero attached hydrogens (tertiary/aromatic N) is 1. The lowest BCUT2D eigenvalue weighted by Gasteiger charge is -2.06. The normalized spacial score (nSPS) is 11.4. The molecule has 1 aromatic rings. The van der Waals surface area contributed by atoms with E-state index in [-0.39, 0.29) is 23.7 Å². The number of aromatic carboxylic acids is 1. The largest absolute Gasteiger partial charge is 0.478 e. The van der Waals surface area contributed by atoms with Crippen molar-refractivity contribution in [3.05, 3.63) is 39.4 Å². The van der Waals surface area contributed by atoms with Crippen LogP contribution in [-0.2, 0) is 0 Å². The van der Waals surface area contributed by atoms with Gasteiger partial charge in [-0.2, -0.15) is 0 Å². The molecule has 0 aliphatic heterocycles. The summed E-state index contributed by atoms with van der Waals surface area (Å²) in [7, 11) is 0. The second-order valence-electron chi connectivity index (χ2n) is 3.12. The van der Waals surface area contributed by atoms with Crippen LogP contribution in [-0.4, -0.2) is 16.0 Å². The highest BCUT2D eigenvalue weighted by Gasteiger charge is 2.19. The molecule has 0 fully saturated rings. The van der Waals surface area contributed by atoms with Gasteiger partial charge in [0.05, 0.1) is 10.5 Å². The van der Waals surface area contributed by atoms with E-state index in [9.17, 15) is 14.9 Å². The maximum Gasteiger partial charge on any atom is 0.335 e. The highest BCUT2D eigenvalue weighted by Crippen LogP contribution is 2.24. The summed E-state index contributed by atoms with van der Waals surface area (Å²) in [6.45, 7) is 1.60. The van der Waals surface area contributed by atoms with E-state index in [0.29, 0.717) is 5.56 Å². The number of hydrogen-bond donors (Lipinski definition) is 2. The van der Waals surface area contributed by atoms with Crippen molar-refractivity contribution < 1.29 is 14.8 Å². The van der Waals surface area contributed by atoms with Gasteiger partial charge in [0.2, 0.25) is 0 Å². The molecule has 0 spiro atoms. The minimum absolute atomic E-state index is 0. The first-order valence-electron chi connectivity index (χ1n) is 4.20. The van der Waals surface area contributed by atoms with Crippen LogP contribution < -0.4 is 5.73 Å². The van der Waals surface area contributed by atoms with Crippen molar-refractivity contribution in [3.8, 4) is 0 Å². The standard InChI is InChI=1S/C9H10N2O4.ClH/c1-5(10)7-3-2-6(9(12)13)4-8(7)11(14)15;/h2-5H,10H2,1H3,(H,12,13);1H. The minimum atomic E-state index is -1.20. The summed E-state index contributed by atoms with van der Waals surface area (Å²) in [4.78, 5) is 20.6. The fourth-order valence-electron chi connectivity index (χ4n) is 1.22. The van der Waals surface area contributed by atoms with E-state index in [0.717, 1.165) is 6.07 Å². The molecular formula is C9H11ClN2O4. The minimum Gasteiger partial charge on any atom is -0.478 e. The second kappa shape index (κ2) is 5.43. The maximum absolute atomic E-state index is 10.7. The predicted molar refractivity (Wildman–Crippen MR) is 59.9 cm³/mol. The van der Waals surface area contributed by atoms with Crippen LogP contribution in [0.2, 0.25) is 0 Å². The fraction of sp³-hybridized carbons (Fsp3) is 0.222. The van der Waals surface area contributed by atoms with Crippen molar-refractivity contribution in [2.24, 2.45) is 5.73 Å². The van der Waals surface area contributed by atoms with Crippen LogP contribution in [0.15, 0.2) is 18.2 Å². The molecule has 0 aromatic heterocycles. The van der Waals surface area contributed by atoms with Crippen LogP contribution in [0.25, 0.3) is 0 Å². The SMILES string of the molecule is CC(N)c1ccc(C(=O)O)cc1[N+](=O)[O-].Cl. The van der Waals surface area contributed by atoms with Crippen molar-refractivity contribution >= 4 is 24.1 Å². The Kier molecular flexibility index (Phi) is 4.87. The molecule has 88 valence electrons. The van der Waals surface area contributed by atoms with Gasteiger partial charge >= 0.3 is 5.97 Å². The van der Waals surface area contributed by atoms with Gasteiger partial charge in [-0.3, -0.25) is 10.1 Å². The number of nitrogens with two attached hydrogens (primary N) is 1. The van der Waals surface area contributed by atoms with Gasteiger partial charge in [0, 0.05) is 17.7 Å². The quantitative estimate of drug-likeness (QED) is 0.624. The number of nitro groups is 1. The van der Waals surface area contributed by atoms with Crippen molar-refractivity contribution in [2.75, 3.05) is 0 Å². The molecule has 16 heavy (non-hydrogen) atoms. The molecular weight excluding hydrogens is 236 g/mol. The number of benzene rings is 1. The van der Waals surface area contributed by atoms with E-state index in [1.165, 1.54) is 12.1 Å². The van der Waals surface area contributed by atoms with E-state index in [4.69, 9.17) is 10.8 Å². The average Bonchev–Trinajstić information content (AvgIpc) is 2.16. The van der Waals surface area contributed by atoms with Crippen LogP contribution in [0.5, 0.6) is 0 Å². The number of rotatable bonds is 3. The lowest BCUT2D eigenvalue weighted by atomic mass is 10.0. The van der Waals surface area contributed by atoms with Crippen LogP contribution >= 0.6 is 12.4 Å². The predicted octanol–water partition coefficient (Wildman–Crippen LogP) is 1.73. The molecule has 7 heteroatoms. The molecule has 0 bridgehead atoms. The molecule has 1 atom stereocenters. The first-order valence-corrected chi connectivity index (χ1v) is 4.20.